The molecule has 3 aromatic carbocycles. The first kappa shape index (κ1) is 29.3. The van der Waals surface area contributed by atoms with E-state index in [1.165, 1.54) is 12.1 Å². The van der Waals surface area contributed by atoms with E-state index in [2.05, 4.69) is 20.6 Å². The Bertz CT molecular complexity index is 1460. The van der Waals surface area contributed by atoms with Gasteiger partial charge in [-0.05, 0) is 61.2 Å². The van der Waals surface area contributed by atoms with Crippen LogP contribution in [0, 0.1) is 0 Å². The number of nitrogens with two attached hydrogens (primary N) is 1. The van der Waals surface area contributed by atoms with Gasteiger partial charge in [-0.2, -0.15) is 13.2 Å². The molecule has 0 radical (unpaired) electrons. The summed E-state index contributed by atoms with van der Waals surface area (Å²) in [7, 11) is 0. The topological polar surface area (TPSA) is 133 Å². The average molecular weight is 557 g/mol. The van der Waals surface area contributed by atoms with Gasteiger partial charge < -0.3 is 20.9 Å². The lowest BCUT2D eigenvalue weighted by molar-refractivity contribution is -0.137. The van der Waals surface area contributed by atoms with Crippen molar-refractivity contribution < 1.29 is 26.7 Å². The van der Waals surface area contributed by atoms with E-state index < -0.39 is 28.7 Å². The zero-order valence-electron chi connectivity index (χ0n) is 20.9. The third-order valence-electron chi connectivity index (χ3n) is 5.28. The number of carbonyl (C=O) groups is 1. The number of benzene rings is 3. The number of alkyl halides is 3. The molecule has 0 aliphatic carbocycles. The molecule has 0 spiro atoms. The Morgan fingerprint density at radius 1 is 1.03 bits per heavy atom. The van der Waals surface area contributed by atoms with Gasteiger partial charge in [0.15, 0.2) is 0 Å². The SMILES string of the molecule is CS(=O)[O-].C[C@H](Nc1cncc(-c2cccc(N)c2)n1)c1cccc(NC(=O)c2cccc(C(F)(F)F)c2)c1. The summed E-state index contributed by atoms with van der Waals surface area (Å²) in [6.45, 7) is 1.92. The molecule has 2 atom stereocenters. The van der Waals surface area contributed by atoms with E-state index in [1.807, 2.05) is 31.2 Å². The molecule has 0 saturated carbocycles. The maximum atomic E-state index is 13.0. The molecular weight excluding hydrogens is 531 g/mol. The Morgan fingerprint density at radius 3 is 2.41 bits per heavy atom. The highest BCUT2D eigenvalue weighted by atomic mass is 32.2. The lowest BCUT2D eigenvalue weighted by atomic mass is 10.1. The van der Waals surface area contributed by atoms with E-state index in [0.717, 1.165) is 29.5 Å². The summed E-state index contributed by atoms with van der Waals surface area (Å²) in [5.74, 6) is -0.0783. The van der Waals surface area contributed by atoms with Gasteiger partial charge in [-0.25, -0.2) is 4.98 Å². The van der Waals surface area contributed by atoms with Crippen LogP contribution in [0.25, 0.3) is 11.3 Å². The number of halogens is 3. The van der Waals surface area contributed by atoms with Crippen LogP contribution in [0.2, 0.25) is 0 Å². The van der Waals surface area contributed by atoms with Crippen LogP contribution in [0.5, 0.6) is 0 Å². The normalized spacial score (nSPS) is 12.5. The third-order valence-corrected chi connectivity index (χ3v) is 5.28. The molecule has 1 heterocycles. The predicted octanol–water partition coefficient (Wildman–Crippen LogP) is 5.67. The van der Waals surface area contributed by atoms with Crippen LogP contribution in [0.4, 0.5) is 30.4 Å². The van der Waals surface area contributed by atoms with Crippen molar-refractivity contribution in [3.63, 3.8) is 0 Å². The molecule has 39 heavy (non-hydrogen) atoms. The highest BCUT2D eigenvalue weighted by Crippen LogP contribution is 2.30. The summed E-state index contributed by atoms with van der Waals surface area (Å²) in [5, 5.41) is 5.93. The molecule has 0 aliphatic rings. The highest BCUT2D eigenvalue weighted by Gasteiger charge is 2.30. The molecule has 0 bridgehead atoms. The summed E-state index contributed by atoms with van der Waals surface area (Å²) in [5.41, 5.74) is 8.33. The molecule has 1 amide bonds. The molecule has 0 saturated heterocycles. The lowest BCUT2D eigenvalue weighted by Crippen LogP contribution is -2.14. The van der Waals surface area contributed by atoms with Crippen molar-refractivity contribution >= 4 is 34.2 Å². The molecule has 12 heteroatoms. The fourth-order valence-corrected chi connectivity index (χ4v) is 3.50. The van der Waals surface area contributed by atoms with Gasteiger partial charge in [0.05, 0.1) is 29.7 Å². The number of aromatic nitrogens is 2. The maximum Gasteiger partial charge on any atom is 0.416 e. The standard InChI is InChI=1S/C26H22F3N5O.CH4O2S/c1-16(32-24-15-31-14-23(34-24)18-6-3-9-21(30)12-18)17-5-4-10-22(13-17)33-25(35)19-7-2-8-20(11-19)26(27,28)29;1-4(2)3/h2-16H,30H2,1H3,(H,32,34)(H,33,35);1H3,(H,2,3)/p-1/t16-;/m0./s1. The summed E-state index contributed by atoms with van der Waals surface area (Å²) in [4.78, 5) is 21.4. The molecule has 1 aromatic heterocycles. The molecular formula is C27H25F3N5O3S-. The second-order valence-electron chi connectivity index (χ2n) is 8.34. The molecule has 8 nitrogen and oxygen atoms in total. The Morgan fingerprint density at radius 2 is 1.72 bits per heavy atom. The van der Waals surface area contributed by atoms with Gasteiger partial charge in [0.1, 0.15) is 5.82 Å². The first-order valence-electron chi connectivity index (χ1n) is 11.5. The second kappa shape index (κ2) is 13.0. The average Bonchev–Trinajstić information content (AvgIpc) is 2.88. The van der Waals surface area contributed by atoms with Gasteiger partial charge in [0.2, 0.25) is 0 Å². The van der Waals surface area contributed by atoms with Crippen molar-refractivity contribution in [2.24, 2.45) is 0 Å². The number of nitrogens with one attached hydrogen (secondary N) is 2. The Labute approximate surface area is 225 Å². The Balaban J connectivity index is 0.000000983. The summed E-state index contributed by atoms with van der Waals surface area (Å²) in [6.07, 6.45) is -0.190. The number of carbonyl (C=O) groups excluding carboxylic acids is 1. The number of hydrogen-bond acceptors (Lipinski definition) is 7. The van der Waals surface area contributed by atoms with Crippen LogP contribution < -0.4 is 16.4 Å². The van der Waals surface area contributed by atoms with E-state index in [0.29, 0.717) is 22.9 Å². The maximum absolute atomic E-state index is 13.0. The molecule has 0 fully saturated rings. The minimum atomic E-state index is -4.52. The largest absolute Gasteiger partial charge is 0.773 e. The van der Waals surface area contributed by atoms with Crippen LogP contribution in [0.3, 0.4) is 0 Å². The van der Waals surface area contributed by atoms with Crippen molar-refractivity contribution in [1.82, 2.24) is 9.97 Å². The van der Waals surface area contributed by atoms with E-state index in [-0.39, 0.29) is 11.6 Å². The zero-order chi connectivity index (χ0) is 28.6. The van der Waals surface area contributed by atoms with Crippen LogP contribution in [-0.2, 0) is 17.3 Å². The number of rotatable bonds is 6. The minimum Gasteiger partial charge on any atom is -0.773 e. The van der Waals surface area contributed by atoms with Crippen molar-refractivity contribution in [1.29, 1.82) is 0 Å². The molecule has 1 unspecified atom stereocenters. The molecule has 4 aromatic rings. The van der Waals surface area contributed by atoms with Crippen molar-refractivity contribution in [2.45, 2.75) is 19.1 Å². The van der Waals surface area contributed by atoms with Gasteiger partial charge in [0.25, 0.3) is 5.91 Å². The van der Waals surface area contributed by atoms with Crippen molar-refractivity contribution in [3.8, 4) is 11.3 Å². The van der Waals surface area contributed by atoms with Crippen LogP contribution in [-0.4, -0.2) is 30.9 Å². The van der Waals surface area contributed by atoms with Crippen LogP contribution in [0.15, 0.2) is 85.2 Å². The van der Waals surface area contributed by atoms with E-state index >= 15 is 0 Å². The van der Waals surface area contributed by atoms with E-state index in [4.69, 9.17) is 14.5 Å². The third kappa shape index (κ3) is 8.90. The Kier molecular flexibility index (Phi) is 9.74. The second-order valence-corrected chi connectivity index (χ2v) is 9.14. The van der Waals surface area contributed by atoms with Crippen LogP contribution in [0.1, 0.15) is 34.5 Å². The summed E-state index contributed by atoms with van der Waals surface area (Å²) >= 11 is -1.86. The van der Waals surface area contributed by atoms with Crippen molar-refractivity contribution in [2.75, 3.05) is 22.6 Å². The van der Waals surface area contributed by atoms with Crippen molar-refractivity contribution in [3.05, 3.63) is 102 Å². The van der Waals surface area contributed by atoms with Gasteiger partial charge in [-0.1, -0.05) is 41.4 Å². The fourth-order valence-electron chi connectivity index (χ4n) is 3.50. The summed E-state index contributed by atoms with van der Waals surface area (Å²) in [6, 6.07) is 18.5. The monoisotopic (exact) mass is 556 g/mol. The van der Waals surface area contributed by atoms with Crippen LogP contribution >= 0.6 is 0 Å². The fraction of sp³-hybridized carbons (Fsp3) is 0.148. The lowest BCUT2D eigenvalue weighted by Gasteiger charge is -2.17. The molecule has 0 aliphatic heterocycles. The quantitative estimate of drug-likeness (QED) is 0.206. The zero-order valence-corrected chi connectivity index (χ0v) is 21.7. The van der Waals surface area contributed by atoms with Gasteiger partial charge in [-0.15, -0.1) is 0 Å². The van der Waals surface area contributed by atoms with Gasteiger partial charge in [0, 0.05) is 22.5 Å². The first-order chi connectivity index (χ1) is 18.4. The number of nitrogen functional groups attached to an aromatic ring is 1. The number of hydrogen-bond donors (Lipinski definition) is 3. The number of nitrogens with zero attached hydrogens (tertiary/aromatic N) is 2. The smallest absolute Gasteiger partial charge is 0.416 e. The van der Waals surface area contributed by atoms with Gasteiger partial charge >= 0.3 is 6.18 Å². The predicted molar refractivity (Wildman–Crippen MR) is 145 cm³/mol. The minimum absolute atomic E-state index is 0.0787. The molecule has 4 N–H and O–H groups in total. The first-order valence-corrected chi connectivity index (χ1v) is 12.9. The number of anilines is 3. The van der Waals surface area contributed by atoms with E-state index in [9.17, 15) is 18.0 Å². The number of amides is 1. The molecule has 204 valence electrons. The highest BCUT2D eigenvalue weighted by molar-refractivity contribution is 7.78. The molecule has 4 rings (SSSR count). The van der Waals surface area contributed by atoms with Gasteiger partial charge in [-0.3, -0.25) is 14.0 Å². The summed E-state index contributed by atoms with van der Waals surface area (Å²) < 4.78 is 56.9. The Hall–Kier alpha value is -4.29. The van der Waals surface area contributed by atoms with E-state index in [1.54, 1.807) is 36.7 Å².